The Bertz CT molecular complexity index is 436. The van der Waals surface area contributed by atoms with Crippen molar-refractivity contribution in [3.05, 3.63) is 49.1 Å². The van der Waals surface area contributed by atoms with Crippen molar-refractivity contribution >= 4 is 5.69 Å². The van der Waals surface area contributed by atoms with Crippen molar-refractivity contribution in [3.63, 3.8) is 0 Å². The van der Waals surface area contributed by atoms with Gasteiger partial charge in [-0.15, -0.1) is 13.2 Å². The molecule has 0 aliphatic rings. The third kappa shape index (κ3) is 3.12. The van der Waals surface area contributed by atoms with E-state index in [4.69, 9.17) is 10.00 Å². The summed E-state index contributed by atoms with van der Waals surface area (Å²) in [6.45, 7) is 8.75. The Morgan fingerprint density at radius 3 is 2.47 bits per heavy atom. The van der Waals surface area contributed by atoms with Gasteiger partial charge >= 0.3 is 0 Å². The van der Waals surface area contributed by atoms with Crippen LogP contribution in [0.25, 0.3) is 0 Å². The zero-order chi connectivity index (χ0) is 12.7. The maximum absolute atomic E-state index is 9.10. The van der Waals surface area contributed by atoms with Gasteiger partial charge in [0.05, 0.1) is 18.4 Å². The average Bonchev–Trinajstić information content (AvgIpc) is 2.37. The minimum Gasteiger partial charge on any atom is -0.497 e. The van der Waals surface area contributed by atoms with Gasteiger partial charge in [0, 0.05) is 19.2 Å². The number of ether oxygens (including phenoxy) is 1. The molecule has 0 aliphatic heterocycles. The zero-order valence-electron chi connectivity index (χ0n) is 10.0. The van der Waals surface area contributed by atoms with Gasteiger partial charge in [0.25, 0.3) is 0 Å². The van der Waals surface area contributed by atoms with E-state index in [0.29, 0.717) is 18.7 Å². The normalized spacial score (nSPS) is 9.18. The van der Waals surface area contributed by atoms with E-state index in [-0.39, 0.29) is 0 Å². The summed E-state index contributed by atoms with van der Waals surface area (Å²) in [5.41, 5.74) is 1.46. The van der Waals surface area contributed by atoms with E-state index in [2.05, 4.69) is 19.2 Å². The minimum absolute atomic E-state index is 0.620. The number of anilines is 1. The molecule has 0 N–H and O–H groups in total. The highest BCUT2D eigenvalue weighted by atomic mass is 16.5. The highest BCUT2D eigenvalue weighted by Crippen LogP contribution is 2.25. The number of methoxy groups -OCH3 is 1. The van der Waals surface area contributed by atoms with Crippen LogP contribution in [0.4, 0.5) is 5.69 Å². The summed E-state index contributed by atoms with van der Waals surface area (Å²) < 4.78 is 5.17. The summed E-state index contributed by atoms with van der Waals surface area (Å²) >= 11 is 0. The number of hydrogen-bond acceptors (Lipinski definition) is 3. The van der Waals surface area contributed by atoms with E-state index < -0.39 is 0 Å². The van der Waals surface area contributed by atoms with Crippen molar-refractivity contribution in [2.45, 2.75) is 0 Å². The van der Waals surface area contributed by atoms with Gasteiger partial charge in [-0.2, -0.15) is 5.26 Å². The summed E-state index contributed by atoms with van der Waals surface area (Å²) in [4.78, 5) is 2.01. The quantitative estimate of drug-likeness (QED) is 0.702. The van der Waals surface area contributed by atoms with E-state index in [0.717, 1.165) is 11.4 Å². The molecule has 0 saturated carbocycles. The lowest BCUT2D eigenvalue weighted by Crippen LogP contribution is -2.24. The molecule has 0 unspecified atom stereocenters. The molecular formula is C14H16N2O. The first kappa shape index (κ1) is 12.9. The van der Waals surface area contributed by atoms with Crippen molar-refractivity contribution in [2.75, 3.05) is 25.1 Å². The fourth-order valence-corrected chi connectivity index (χ4v) is 1.58. The molecule has 17 heavy (non-hydrogen) atoms. The van der Waals surface area contributed by atoms with Crippen LogP contribution in [0.3, 0.4) is 0 Å². The summed E-state index contributed by atoms with van der Waals surface area (Å²) in [6, 6.07) is 7.57. The number of nitriles is 1. The third-order valence-corrected chi connectivity index (χ3v) is 2.37. The summed E-state index contributed by atoms with van der Waals surface area (Å²) in [5.74, 6) is 0.733. The number of benzene rings is 1. The van der Waals surface area contributed by atoms with Gasteiger partial charge in [-0.25, -0.2) is 0 Å². The van der Waals surface area contributed by atoms with Gasteiger partial charge in [0.1, 0.15) is 11.8 Å². The van der Waals surface area contributed by atoms with Crippen LogP contribution in [-0.4, -0.2) is 20.2 Å². The van der Waals surface area contributed by atoms with E-state index in [1.807, 2.05) is 11.0 Å². The van der Waals surface area contributed by atoms with Gasteiger partial charge in [-0.05, 0) is 12.1 Å². The summed E-state index contributed by atoms with van der Waals surface area (Å²) in [7, 11) is 1.61. The van der Waals surface area contributed by atoms with E-state index in [9.17, 15) is 0 Å². The van der Waals surface area contributed by atoms with Gasteiger partial charge < -0.3 is 9.64 Å². The third-order valence-electron chi connectivity index (χ3n) is 2.37. The SMILES string of the molecule is C=CCN(CC=C)c1cc(OC)ccc1C#N. The molecule has 3 nitrogen and oxygen atoms in total. The molecule has 0 atom stereocenters. The maximum atomic E-state index is 9.10. The van der Waals surface area contributed by atoms with Crippen molar-refractivity contribution < 1.29 is 4.74 Å². The smallest absolute Gasteiger partial charge is 0.121 e. The lowest BCUT2D eigenvalue weighted by Gasteiger charge is -2.23. The van der Waals surface area contributed by atoms with Crippen molar-refractivity contribution in [1.82, 2.24) is 0 Å². The van der Waals surface area contributed by atoms with Crippen LogP contribution in [0.2, 0.25) is 0 Å². The molecule has 0 aromatic heterocycles. The first-order valence-corrected chi connectivity index (χ1v) is 5.31. The van der Waals surface area contributed by atoms with Gasteiger partial charge in [-0.3, -0.25) is 0 Å². The molecule has 1 rings (SSSR count). The maximum Gasteiger partial charge on any atom is 0.121 e. The summed E-state index contributed by atoms with van der Waals surface area (Å²) in [6.07, 6.45) is 3.59. The predicted octanol–water partition coefficient (Wildman–Crippen LogP) is 2.75. The minimum atomic E-state index is 0.620. The second-order valence-corrected chi connectivity index (χ2v) is 3.48. The second-order valence-electron chi connectivity index (χ2n) is 3.48. The molecule has 0 saturated heterocycles. The van der Waals surface area contributed by atoms with Crippen LogP contribution in [0, 0.1) is 11.3 Å². The Hall–Kier alpha value is -2.21. The Balaban J connectivity index is 3.18. The Morgan fingerprint density at radius 1 is 1.35 bits per heavy atom. The van der Waals surface area contributed by atoms with Gasteiger partial charge in [-0.1, -0.05) is 12.2 Å². The first-order valence-electron chi connectivity index (χ1n) is 5.31. The molecule has 88 valence electrons. The monoisotopic (exact) mass is 228 g/mol. The fourth-order valence-electron chi connectivity index (χ4n) is 1.58. The Kier molecular flexibility index (Phi) is 4.83. The zero-order valence-corrected chi connectivity index (χ0v) is 10.0. The summed E-state index contributed by atoms with van der Waals surface area (Å²) in [5, 5.41) is 9.10. The van der Waals surface area contributed by atoms with Gasteiger partial charge in [0.2, 0.25) is 0 Å². The molecule has 0 fully saturated rings. The van der Waals surface area contributed by atoms with Gasteiger partial charge in [0.15, 0.2) is 0 Å². The average molecular weight is 228 g/mol. The molecule has 0 heterocycles. The predicted molar refractivity (Wildman–Crippen MR) is 70.3 cm³/mol. The number of nitrogens with zero attached hydrogens (tertiary/aromatic N) is 2. The molecule has 0 aliphatic carbocycles. The van der Waals surface area contributed by atoms with Crippen LogP contribution in [0.15, 0.2) is 43.5 Å². The first-order chi connectivity index (χ1) is 8.26. The Labute approximate surface area is 102 Å². The molecular weight excluding hydrogens is 212 g/mol. The van der Waals surface area contributed by atoms with Crippen LogP contribution in [0.5, 0.6) is 5.75 Å². The molecule has 0 amide bonds. The fraction of sp³-hybridized carbons (Fsp3) is 0.214. The van der Waals surface area contributed by atoms with Crippen LogP contribution in [-0.2, 0) is 0 Å². The van der Waals surface area contributed by atoms with Crippen molar-refractivity contribution in [3.8, 4) is 11.8 Å². The lowest BCUT2D eigenvalue weighted by molar-refractivity contribution is 0.415. The number of rotatable bonds is 6. The molecule has 0 bridgehead atoms. The largest absolute Gasteiger partial charge is 0.497 e. The van der Waals surface area contributed by atoms with E-state index >= 15 is 0 Å². The molecule has 1 aromatic carbocycles. The van der Waals surface area contributed by atoms with Crippen LogP contribution in [0.1, 0.15) is 5.56 Å². The topological polar surface area (TPSA) is 36.3 Å². The Morgan fingerprint density at radius 2 is 2.00 bits per heavy atom. The van der Waals surface area contributed by atoms with Crippen LogP contribution >= 0.6 is 0 Å². The van der Waals surface area contributed by atoms with E-state index in [1.54, 1.807) is 31.4 Å². The highest BCUT2D eigenvalue weighted by Gasteiger charge is 2.10. The molecule has 3 heteroatoms. The second kappa shape index (κ2) is 6.39. The number of hydrogen-bond donors (Lipinski definition) is 0. The molecule has 0 radical (unpaired) electrons. The molecule has 0 spiro atoms. The highest BCUT2D eigenvalue weighted by molar-refractivity contribution is 5.62. The van der Waals surface area contributed by atoms with Crippen molar-refractivity contribution in [2.24, 2.45) is 0 Å². The van der Waals surface area contributed by atoms with Crippen molar-refractivity contribution in [1.29, 1.82) is 5.26 Å². The van der Waals surface area contributed by atoms with Crippen LogP contribution < -0.4 is 9.64 Å². The molecule has 1 aromatic rings. The van der Waals surface area contributed by atoms with E-state index in [1.165, 1.54) is 0 Å². The standard InChI is InChI=1S/C14H16N2O/c1-4-8-16(9-5-2)14-10-13(17-3)7-6-12(14)11-15/h4-7,10H,1-2,8-9H2,3H3. The lowest BCUT2D eigenvalue weighted by atomic mass is 10.1.